The van der Waals surface area contributed by atoms with Gasteiger partial charge in [0.15, 0.2) is 0 Å². The first-order valence-corrected chi connectivity index (χ1v) is 8.11. The van der Waals surface area contributed by atoms with Crippen LogP contribution in [0.2, 0.25) is 0 Å². The SMILES string of the molecule is CCOc1ccc(C)cc1C(N)c1cc2c(s1)CCC2. The van der Waals surface area contributed by atoms with Gasteiger partial charge < -0.3 is 10.5 Å². The van der Waals surface area contributed by atoms with Crippen LogP contribution in [0, 0.1) is 6.92 Å². The molecule has 1 aliphatic carbocycles. The summed E-state index contributed by atoms with van der Waals surface area (Å²) in [7, 11) is 0. The fourth-order valence-corrected chi connectivity index (χ4v) is 4.13. The molecule has 106 valence electrons. The summed E-state index contributed by atoms with van der Waals surface area (Å²) in [5.41, 5.74) is 10.3. The fourth-order valence-electron chi connectivity index (χ4n) is 2.86. The van der Waals surface area contributed by atoms with Crippen molar-refractivity contribution in [2.24, 2.45) is 5.73 Å². The lowest BCUT2D eigenvalue weighted by Crippen LogP contribution is -2.12. The van der Waals surface area contributed by atoms with E-state index < -0.39 is 0 Å². The largest absolute Gasteiger partial charge is 0.494 e. The number of rotatable bonds is 4. The van der Waals surface area contributed by atoms with Crippen molar-refractivity contribution in [3.05, 3.63) is 50.7 Å². The fraction of sp³-hybridized carbons (Fsp3) is 0.412. The van der Waals surface area contributed by atoms with Gasteiger partial charge in [-0.1, -0.05) is 17.7 Å². The third-order valence-electron chi connectivity index (χ3n) is 3.87. The highest BCUT2D eigenvalue weighted by molar-refractivity contribution is 7.12. The van der Waals surface area contributed by atoms with Crippen molar-refractivity contribution in [3.8, 4) is 5.75 Å². The minimum Gasteiger partial charge on any atom is -0.494 e. The lowest BCUT2D eigenvalue weighted by molar-refractivity contribution is 0.335. The van der Waals surface area contributed by atoms with Crippen LogP contribution in [0.5, 0.6) is 5.75 Å². The molecule has 0 radical (unpaired) electrons. The summed E-state index contributed by atoms with van der Waals surface area (Å²) in [4.78, 5) is 2.79. The zero-order valence-electron chi connectivity index (χ0n) is 12.1. The topological polar surface area (TPSA) is 35.2 Å². The minimum atomic E-state index is -0.0768. The highest BCUT2D eigenvalue weighted by Gasteiger charge is 2.21. The number of benzene rings is 1. The van der Waals surface area contributed by atoms with E-state index >= 15 is 0 Å². The first kappa shape index (κ1) is 13.7. The summed E-state index contributed by atoms with van der Waals surface area (Å²) in [6.07, 6.45) is 3.73. The van der Waals surface area contributed by atoms with Gasteiger partial charge >= 0.3 is 0 Å². The molecule has 0 saturated carbocycles. The number of nitrogens with two attached hydrogens (primary N) is 1. The molecule has 2 N–H and O–H groups in total. The molecule has 0 bridgehead atoms. The van der Waals surface area contributed by atoms with Crippen LogP contribution < -0.4 is 10.5 Å². The predicted molar refractivity (Wildman–Crippen MR) is 84.7 cm³/mol. The van der Waals surface area contributed by atoms with Crippen molar-refractivity contribution >= 4 is 11.3 Å². The summed E-state index contributed by atoms with van der Waals surface area (Å²) in [5, 5.41) is 0. The van der Waals surface area contributed by atoms with Crippen molar-refractivity contribution in [2.75, 3.05) is 6.61 Å². The second-order valence-electron chi connectivity index (χ2n) is 5.40. The van der Waals surface area contributed by atoms with Crippen LogP contribution in [0.15, 0.2) is 24.3 Å². The Kier molecular flexibility index (Phi) is 3.81. The van der Waals surface area contributed by atoms with Gasteiger partial charge in [0.05, 0.1) is 12.6 Å². The molecule has 1 unspecified atom stereocenters. The van der Waals surface area contributed by atoms with Gasteiger partial charge in [0.2, 0.25) is 0 Å². The normalized spacial score (nSPS) is 15.2. The predicted octanol–water partition coefficient (Wildman–Crippen LogP) is 3.99. The van der Waals surface area contributed by atoms with Gasteiger partial charge in [0, 0.05) is 15.3 Å². The standard InChI is InChI=1S/C17H21NOS/c1-3-19-14-8-7-11(2)9-13(14)17(18)16-10-12-5-4-6-15(12)20-16/h7-10,17H,3-6,18H2,1-2H3. The molecule has 1 atom stereocenters. The van der Waals surface area contributed by atoms with Crippen molar-refractivity contribution < 1.29 is 4.74 Å². The van der Waals surface area contributed by atoms with Crippen molar-refractivity contribution in [2.45, 2.75) is 39.2 Å². The van der Waals surface area contributed by atoms with Gasteiger partial charge in [-0.15, -0.1) is 11.3 Å². The molecule has 2 aromatic rings. The Morgan fingerprint density at radius 2 is 2.15 bits per heavy atom. The molecule has 0 aliphatic heterocycles. The third-order valence-corrected chi connectivity index (χ3v) is 5.19. The number of thiophene rings is 1. The zero-order chi connectivity index (χ0) is 14.1. The van der Waals surface area contributed by atoms with Crippen molar-refractivity contribution in [1.82, 2.24) is 0 Å². The quantitative estimate of drug-likeness (QED) is 0.922. The summed E-state index contributed by atoms with van der Waals surface area (Å²) in [6, 6.07) is 8.49. The molecule has 0 saturated heterocycles. The number of fused-ring (bicyclic) bond motifs is 1. The van der Waals surface area contributed by atoms with Gasteiger partial charge in [0.25, 0.3) is 0 Å². The van der Waals surface area contributed by atoms with Crippen LogP contribution in [0.25, 0.3) is 0 Å². The average Bonchev–Trinajstić information content (AvgIpc) is 3.01. The van der Waals surface area contributed by atoms with E-state index in [4.69, 9.17) is 10.5 Å². The molecule has 1 aromatic heterocycles. The molecule has 20 heavy (non-hydrogen) atoms. The van der Waals surface area contributed by atoms with Gasteiger partial charge in [-0.2, -0.15) is 0 Å². The number of hydrogen-bond donors (Lipinski definition) is 1. The number of ether oxygens (including phenoxy) is 1. The maximum absolute atomic E-state index is 6.51. The molecular formula is C17H21NOS. The summed E-state index contributed by atoms with van der Waals surface area (Å²) in [5.74, 6) is 0.916. The molecule has 1 aliphatic rings. The third kappa shape index (κ3) is 2.48. The first-order chi connectivity index (χ1) is 9.69. The number of aryl methyl sites for hydroxylation is 3. The highest BCUT2D eigenvalue weighted by atomic mass is 32.1. The van der Waals surface area contributed by atoms with E-state index in [9.17, 15) is 0 Å². The smallest absolute Gasteiger partial charge is 0.124 e. The molecule has 0 fully saturated rings. The van der Waals surface area contributed by atoms with Crippen molar-refractivity contribution in [1.29, 1.82) is 0 Å². The van der Waals surface area contributed by atoms with Crippen LogP contribution in [0.4, 0.5) is 0 Å². The summed E-state index contributed by atoms with van der Waals surface area (Å²) < 4.78 is 5.74. The molecule has 0 amide bonds. The molecule has 3 rings (SSSR count). The van der Waals surface area contributed by atoms with Crippen LogP contribution in [0.3, 0.4) is 0 Å². The molecular weight excluding hydrogens is 266 g/mol. The van der Waals surface area contributed by atoms with E-state index in [0.29, 0.717) is 6.61 Å². The molecule has 1 aromatic carbocycles. The highest BCUT2D eigenvalue weighted by Crippen LogP contribution is 2.37. The molecule has 1 heterocycles. The number of hydrogen-bond acceptors (Lipinski definition) is 3. The second-order valence-corrected chi connectivity index (χ2v) is 6.57. The molecule has 3 heteroatoms. The monoisotopic (exact) mass is 287 g/mol. The average molecular weight is 287 g/mol. The van der Waals surface area contributed by atoms with Gasteiger partial charge in [0.1, 0.15) is 5.75 Å². The Balaban J connectivity index is 1.96. The van der Waals surface area contributed by atoms with E-state index in [-0.39, 0.29) is 6.04 Å². The van der Waals surface area contributed by atoms with Crippen LogP contribution in [-0.2, 0) is 12.8 Å². The van der Waals surface area contributed by atoms with E-state index in [2.05, 4.69) is 25.1 Å². The Morgan fingerprint density at radius 3 is 2.90 bits per heavy atom. The Labute approximate surface area is 124 Å². The van der Waals surface area contributed by atoms with Gasteiger partial charge in [-0.05, 0) is 50.8 Å². The van der Waals surface area contributed by atoms with E-state index in [0.717, 1.165) is 11.3 Å². The van der Waals surface area contributed by atoms with Crippen LogP contribution >= 0.6 is 11.3 Å². The van der Waals surface area contributed by atoms with Crippen molar-refractivity contribution in [3.63, 3.8) is 0 Å². The Bertz CT molecular complexity index is 596. The lowest BCUT2D eigenvalue weighted by Gasteiger charge is -2.16. The Hall–Kier alpha value is -1.32. The maximum atomic E-state index is 6.51. The van der Waals surface area contributed by atoms with E-state index in [1.54, 1.807) is 0 Å². The minimum absolute atomic E-state index is 0.0768. The van der Waals surface area contributed by atoms with Gasteiger partial charge in [-0.25, -0.2) is 0 Å². The first-order valence-electron chi connectivity index (χ1n) is 7.29. The maximum Gasteiger partial charge on any atom is 0.124 e. The second kappa shape index (κ2) is 5.58. The van der Waals surface area contributed by atoms with Gasteiger partial charge in [-0.3, -0.25) is 0 Å². The summed E-state index contributed by atoms with van der Waals surface area (Å²) in [6.45, 7) is 4.78. The summed E-state index contributed by atoms with van der Waals surface area (Å²) >= 11 is 1.88. The lowest BCUT2D eigenvalue weighted by atomic mass is 10.0. The van der Waals surface area contributed by atoms with E-state index in [1.807, 2.05) is 24.3 Å². The van der Waals surface area contributed by atoms with Crippen LogP contribution in [0.1, 0.15) is 45.8 Å². The van der Waals surface area contributed by atoms with E-state index in [1.165, 1.54) is 40.1 Å². The van der Waals surface area contributed by atoms with Crippen LogP contribution in [-0.4, -0.2) is 6.61 Å². The molecule has 2 nitrogen and oxygen atoms in total. The molecule has 0 spiro atoms. The zero-order valence-corrected chi connectivity index (χ0v) is 12.9. The Morgan fingerprint density at radius 1 is 1.30 bits per heavy atom.